The molecule has 0 aliphatic carbocycles. The highest BCUT2D eigenvalue weighted by molar-refractivity contribution is 6.03. The molecule has 1 fully saturated rings. The number of nitrogens with zero attached hydrogens (tertiary/aromatic N) is 2. The van der Waals surface area contributed by atoms with Crippen molar-refractivity contribution in [2.45, 2.75) is 18.8 Å². The van der Waals surface area contributed by atoms with Crippen LogP contribution >= 0.6 is 0 Å². The van der Waals surface area contributed by atoms with Crippen molar-refractivity contribution in [1.82, 2.24) is 4.90 Å². The molecule has 5 nitrogen and oxygen atoms in total. The van der Waals surface area contributed by atoms with Crippen LogP contribution in [0, 0.1) is 5.92 Å². The van der Waals surface area contributed by atoms with Crippen LogP contribution < -0.4 is 4.90 Å². The largest absolute Gasteiger partial charge is 0.384 e. The van der Waals surface area contributed by atoms with Crippen molar-refractivity contribution in [3.05, 3.63) is 29.3 Å². The first-order valence-electron chi connectivity index (χ1n) is 7.89. The number of carbonyl (C=O) groups excluding carboxylic acids is 2. The van der Waals surface area contributed by atoms with Gasteiger partial charge in [0.1, 0.15) is 0 Å². The Bertz CT molecular complexity index is 678. The number of fused-ring (bicyclic) bond motifs is 1. The third kappa shape index (κ3) is 2.88. The van der Waals surface area contributed by atoms with Crippen LogP contribution in [0.5, 0.6) is 0 Å². The monoisotopic (exact) mass is 338 g/mol. The average Bonchev–Trinajstić information content (AvgIpc) is 2.83. The number of piperidine rings is 1. The van der Waals surface area contributed by atoms with Crippen LogP contribution in [0.15, 0.2) is 18.2 Å². The number of hydrogen-bond donors (Lipinski definition) is 0. The first-order valence-corrected chi connectivity index (χ1v) is 7.89. The Labute approximate surface area is 139 Å². The fourth-order valence-corrected chi connectivity index (χ4v) is 3.33. The smallest absolute Gasteiger partial charge is 0.256 e. The molecular formula is C17H20F2N2O3. The lowest BCUT2D eigenvalue weighted by Crippen LogP contribution is -2.50. The predicted molar refractivity (Wildman–Crippen MR) is 84.4 cm³/mol. The Morgan fingerprint density at radius 3 is 2.88 bits per heavy atom. The van der Waals surface area contributed by atoms with Crippen LogP contribution in [0.4, 0.5) is 14.5 Å². The number of rotatable bonds is 3. The summed E-state index contributed by atoms with van der Waals surface area (Å²) < 4.78 is 32.7. The van der Waals surface area contributed by atoms with Gasteiger partial charge in [-0.2, -0.15) is 0 Å². The first kappa shape index (κ1) is 16.8. The molecule has 0 spiro atoms. The molecule has 2 aliphatic rings. The number of methoxy groups -OCH3 is 1. The van der Waals surface area contributed by atoms with Gasteiger partial charge in [0, 0.05) is 44.9 Å². The summed E-state index contributed by atoms with van der Waals surface area (Å²) in [5.74, 6) is -4.12. The summed E-state index contributed by atoms with van der Waals surface area (Å²) in [7, 11) is 3.07. The van der Waals surface area contributed by atoms with Crippen molar-refractivity contribution < 1.29 is 23.1 Å². The molecule has 1 atom stereocenters. The molecule has 130 valence electrons. The topological polar surface area (TPSA) is 49.9 Å². The fourth-order valence-electron chi connectivity index (χ4n) is 3.33. The van der Waals surface area contributed by atoms with E-state index in [2.05, 4.69) is 0 Å². The van der Waals surface area contributed by atoms with Gasteiger partial charge >= 0.3 is 0 Å². The Morgan fingerprint density at radius 2 is 2.17 bits per heavy atom. The molecule has 2 amide bonds. The summed E-state index contributed by atoms with van der Waals surface area (Å²) in [6.45, 7) is -0.0994. The first-order chi connectivity index (χ1) is 11.3. The van der Waals surface area contributed by atoms with E-state index in [1.165, 1.54) is 12.0 Å². The summed E-state index contributed by atoms with van der Waals surface area (Å²) in [4.78, 5) is 27.4. The molecule has 1 saturated heterocycles. The zero-order chi connectivity index (χ0) is 17.5. The number of amides is 2. The second kappa shape index (κ2) is 6.12. The summed E-state index contributed by atoms with van der Waals surface area (Å²) in [6.07, 6.45) is -0.101. The van der Waals surface area contributed by atoms with Gasteiger partial charge in [0.2, 0.25) is 5.91 Å². The number of benzene rings is 1. The normalized spacial score (nSPS) is 22.7. The van der Waals surface area contributed by atoms with Gasteiger partial charge in [0.05, 0.1) is 18.9 Å². The van der Waals surface area contributed by atoms with E-state index in [1.807, 2.05) is 0 Å². The summed E-state index contributed by atoms with van der Waals surface area (Å²) in [6, 6.07) is 5.07. The lowest BCUT2D eigenvalue weighted by Gasteiger charge is -2.38. The number of likely N-dealkylation sites (N-methyl/N-ethyl adjacent to an activating group) is 1. The van der Waals surface area contributed by atoms with E-state index in [4.69, 9.17) is 4.74 Å². The average molecular weight is 338 g/mol. The Hall–Kier alpha value is -2.02. The molecule has 0 radical (unpaired) electrons. The Balaban J connectivity index is 1.78. The van der Waals surface area contributed by atoms with Crippen LogP contribution in [0.3, 0.4) is 0 Å². The molecule has 7 heteroatoms. The maximum atomic E-state index is 13.9. The zero-order valence-corrected chi connectivity index (χ0v) is 13.7. The van der Waals surface area contributed by atoms with Crippen molar-refractivity contribution in [3.8, 4) is 0 Å². The maximum Gasteiger partial charge on any atom is 0.256 e. The van der Waals surface area contributed by atoms with Crippen molar-refractivity contribution in [2.75, 3.05) is 38.8 Å². The predicted octanol–water partition coefficient (Wildman–Crippen LogP) is 1.95. The van der Waals surface area contributed by atoms with E-state index in [9.17, 15) is 18.4 Å². The van der Waals surface area contributed by atoms with Crippen LogP contribution in [0.25, 0.3) is 0 Å². The third-order valence-corrected chi connectivity index (χ3v) is 4.81. The number of carbonyl (C=O) groups is 2. The van der Waals surface area contributed by atoms with E-state index in [-0.39, 0.29) is 44.4 Å². The van der Waals surface area contributed by atoms with Gasteiger partial charge in [-0.1, -0.05) is 0 Å². The van der Waals surface area contributed by atoms with Crippen molar-refractivity contribution in [1.29, 1.82) is 0 Å². The van der Waals surface area contributed by atoms with E-state index in [0.29, 0.717) is 5.56 Å². The third-order valence-electron chi connectivity index (χ3n) is 4.81. The molecule has 2 aliphatic heterocycles. The number of anilines is 1. The van der Waals surface area contributed by atoms with Crippen LogP contribution in [-0.2, 0) is 16.0 Å². The number of hydrogen-bond acceptors (Lipinski definition) is 3. The molecule has 2 heterocycles. The van der Waals surface area contributed by atoms with Gasteiger partial charge in [0.15, 0.2) is 0 Å². The van der Waals surface area contributed by atoms with Crippen LogP contribution in [0.1, 0.15) is 22.3 Å². The summed E-state index contributed by atoms with van der Waals surface area (Å²) >= 11 is 0. The van der Waals surface area contributed by atoms with Gasteiger partial charge in [-0.25, -0.2) is 8.78 Å². The van der Waals surface area contributed by atoms with Gasteiger partial charge in [-0.3, -0.25) is 9.59 Å². The Kier molecular flexibility index (Phi) is 4.29. The molecule has 1 unspecified atom stereocenters. The van der Waals surface area contributed by atoms with Gasteiger partial charge < -0.3 is 14.5 Å². The fraction of sp³-hybridized carbons (Fsp3) is 0.529. The van der Waals surface area contributed by atoms with Crippen LogP contribution in [-0.4, -0.2) is 56.5 Å². The highest BCUT2D eigenvalue weighted by Gasteiger charge is 2.45. The number of ether oxygens (including phenoxy) is 1. The number of halogens is 2. The lowest BCUT2D eigenvalue weighted by atomic mass is 9.93. The van der Waals surface area contributed by atoms with E-state index >= 15 is 0 Å². The molecular weight excluding hydrogens is 318 g/mol. The van der Waals surface area contributed by atoms with E-state index in [1.54, 1.807) is 30.1 Å². The molecule has 24 heavy (non-hydrogen) atoms. The highest BCUT2D eigenvalue weighted by Crippen LogP contribution is 2.35. The summed E-state index contributed by atoms with van der Waals surface area (Å²) in [5.41, 5.74) is 2.02. The van der Waals surface area contributed by atoms with Crippen molar-refractivity contribution in [2.24, 2.45) is 5.92 Å². The van der Waals surface area contributed by atoms with Gasteiger partial charge in [-0.05, 0) is 23.8 Å². The highest BCUT2D eigenvalue weighted by atomic mass is 19.3. The molecule has 1 aromatic carbocycles. The van der Waals surface area contributed by atoms with Gasteiger partial charge in [0.25, 0.3) is 11.8 Å². The summed E-state index contributed by atoms with van der Waals surface area (Å²) in [5, 5.41) is 0. The minimum Gasteiger partial charge on any atom is -0.384 e. The van der Waals surface area contributed by atoms with E-state index in [0.717, 1.165) is 11.3 Å². The van der Waals surface area contributed by atoms with E-state index < -0.39 is 11.8 Å². The lowest BCUT2D eigenvalue weighted by molar-refractivity contribution is -0.118. The number of alkyl halides is 2. The minimum atomic E-state index is -2.82. The molecule has 0 N–H and O–H groups in total. The number of likely N-dealkylation sites (tertiary alicyclic amines) is 1. The molecule has 0 aromatic heterocycles. The van der Waals surface area contributed by atoms with Gasteiger partial charge in [-0.15, -0.1) is 0 Å². The van der Waals surface area contributed by atoms with Crippen molar-refractivity contribution >= 4 is 17.5 Å². The molecule has 1 aromatic rings. The molecule has 0 saturated carbocycles. The second-order valence-corrected chi connectivity index (χ2v) is 6.39. The SMILES string of the molecule is COCC1CN(C(=O)c2ccc3c(c2)CC(=O)N3C)CCC1(F)F. The maximum absolute atomic E-state index is 13.9. The molecule has 0 bridgehead atoms. The second-order valence-electron chi connectivity index (χ2n) is 6.39. The van der Waals surface area contributed by atoms with Crippen LogP contribution in [0.2, 0.25) is 0 Å². The minimum absolute atomic E-state index is 0.0158. The molecule has 3 rings (SSSR count). The van der Waals surface area contributed by atoms with Crippen molar-refractivity contribution in [3.63, 3.8) is 0 Å². The standard InChI is InChI=1S/C17H20F2N2O3/c1-20-14-4-3-11(7-12(14)8-15(20)22)16(23)21-6-5-17(18,19)13(9-21)10-24-2/h3-4,7,13H,5-6,8-10H2,1-2H3. The zero-order valence-electron chi connectivity index (χ0n) is 13.7. The Morgan fingerprint density at radius 1 is 1.42 bits per heavy atom. The quantitative estimate of drug-likeness (QED) is 0.846.